The molecule has 1 N–H and O–H groups in total. The Labute approximate surface area is 159 Å². The Bertz CT molecular complexity index is 620. The molecule has 0 aromatic heterocycles. The molecular weight excluding hydrogens is 361 g/mol. The minimum atomic E-state index is -0.196. The van der Waals surface area contributed by atoms with E-state index in [0.29, 0.717) is 21.7 Å². The molecule has 0 radical (unpaired) electrons. The number of anilines is 1. The van der Waals surface area contributed by atoms with Crippen LogP contribution in [0.5, 0.6) is 0 Å². The fourth-order valence-electron chi connectivity index (χ4n) is 2.61. The van der Waals surface area contributed by atoms with Gasteiger partial charge in [0.1, 0.15) is 0 Å². The molecule has 0 bridgehead atoms. The minimum absolute atomic E-state index is 0.0820. The van der Waals surface area contributed by atoms with Gasteiger partial charge in [-0.1, -0.05) is 30.1 Å². The molecule has 7 heteroatoms. The van der Waals surface area contributed by atoms with Crippen molar-refractivity contribution in [2.24, 2.45) is 5.92 Å². The number of halogens is 2. The summed E-state index contributed by atoms with van der Waals surface area (Å²) >= 11 is 11.8. The zero-order valence-corrected chi connectivity index (χ0v) is 16.2. The van der Waals surface area contributed by atoms with Crippen LogP contribution in [-0.2, 0) is 9.59 Å². The summed E-state index contributed by atoms with van der Waals surface area (Å²) in [6.07, 6.45) is 3.38. The van der Waals surface area contributed by atoms with Crippen molar-refractivity contribution in [1.82, 2.24) is 9.80 Å². The van der Waals surface area contributed by atoms with E-state index in [0.717, 1.165) is 19.5 Å². The van der Waals surface area contributed by atoms with Gasteiger partial charge in [0.2, 0.25) is 11.8 Å². The molecule has 1 fully saturated rings. The second kappa shape index (κ2) is 9.41. The summed E-state index contributed by atoms with van der Waals surface area (Å²) in [4.78, 5) is 28.2. The second-order valence-electron chi connectivity index (χ2n) is 6.63. The molecule has 1 saturated carbocycles. The highest BCUT2D eigenvalue weighted by Gasteiger charge is 2.26. The monoisotopic (exact) mass is 385 g/mol. The van der Waals surface area contributed by atoms with Crippen molar-refractivity contribution >= 4 is 40.7 Å². The average molecular weight is 386 g/mol. The molecule has 2 rings (SSSR count). The van der Waals surface area contributed by atoms with Crippen molar-refractivity contribution in [3.63, 3.8) is 0 Å². The standard InChI is InChI=1S/C18H25Cl2N3O2/c1-3-8-23(10-13-4-5-13)18(25)12-22(2)11-17(24)21-14-6-7-15(19)16(20)9-14/h6-7,9,13H,3-5,8,10-12H2,1-2H3,(H,21,24). The number of carbonyl (C=O) groups excluding carboxylic acids is 2. The van der Waals surface area contributed by atoms with E-state index in [1.54, 1.807) is 30.1 Å². The number of amides is 2. The number of nitrogens with zero attached hydrogens (tertiary/aromatic N) is 2. The first-order valence-electron chi connectivity index (χ1n) is 8.60. The van der Waals surface area contributed by atoms with Gasteiger partial charge in [0.05, 0.1) is 23.1 Å². The van der Waals surface area contributed by atoms with Gasteiger partial charge in [-0.15, -0.1) is 0 Å². The smallest absolute Gasteiger partial charge is 0.238 e. The fraction of sp³-hybridized carbons (Fsp3) is 0.556. The summed E-state index contributed by atoms with van der Waals surface area (Å²) in [7, 11) is 1.77. The number of hydrogen-bond donors (Lipinski definition) is 1. The first-order valence-corrected chi connectivity index (χ1v) is 9.35. The molecule has 1 aliphatic rings. The first-order chi connectivity index (χ1) is 11.9. The van der Waals surface area contributed by atoms with Gasteiger partial charge in [-0.25, -0.2) is 0 Å². The molecule has 0 heterocycles. The largest absolute Gasteiger partial charge is 0.341 e. The van der Waals surface area contributed by atoms with Crippen molar-refractivity contribution in [3.05, 3.63) is 28.2 Å². The van der Waals surface area contributed by atoms with E-state index < -0.39 is 0 Å². The predicted molar refractivity (Wildman–Crippen MR) is 102 cm³/mol. The molecule has 0 saturated heterocycles. The highest BCUT2D eigenvalue weighted by Crippen LogP contribution is 2.29. The summed E-state index contributed by atoms with van der Waals surface area (Å²) in [5.74, 6) is 0.551. The average Bonchev–Trinajstić information content (AvgIpc) is 3.34. The van der Waals surface area contributed by atoms with Gasteiger partial charge >= 0.3 is 0 Å². The van der Waals surface area contributed by atoms with E-state index >= 15 is 0 Å². The number of carbonyl (C=O) groups is 2. The minimum Gasteiger partial charge on any atom is -0.341 e. The Morgan fingerprint density at radius 1 is 1.20 bits per heavy atom. The van der Waals surface area contributed by atoms with Crippen molar-refractivity contribution in [1.29, 1.82) is 0 Å². The van der Waals surface area contributed by atoms with Crippen molar-refractivity contribution in [2.45, 2.75) is 26.2 Å². The third-order valence-corrected chi connectivity index (χ3v) is 4.78. The van der Waals surface area contributed by atoms with Crippen LogP contribution < -0.4 is 5.32 Å². The molecule has 25 heavy (non-hydrogen) atoms. The molecule has 0 aliphatic heterocycles. The van der Waals surface area contributed by atoms with Crippen LogP contribution in [0.15, 0.2) is 18.2 Å². The topological polar surface area (TPSA) is 52.7 Å². The zero-order valence-electron chi connectivity index (χ0n) is 14.7. The summed E-state index contributed by atoms with van der Waals surface area (Å²) < 4.78 is 0. The van der Waals surface area contributed by atoms with Crippen LogP contribution in [-0.4, -0.2) is 54.8 Å². The van der Waals surface area contributed by atoms with Gasteiger partial charge in [-0.05, 0) is 50.4 Å². The van der Waals surface area contributed by atoms with Crippen LogP contribution in [0.3, 0.4) is 0 Å². The lowest BCUT2D eigenvalue weighted by atomic mass is 10.3. The maximum absolute atomic E-state index is 12.4. The zero-order chi connectivity index (χ0) is 18.4. The molecule has 0 atom stereocenters. The molecular formula is C18H25Cl2N3O2. The lowest BCUT2D eigenvalue weighted by molar-refractivity contribution is -0.132. The van der Waals surface area contributed by atoms with Crippen molar-refractivity contribution < 1.29 is 9.59 Å². The van der Waals surface area contributed by atoms with E-state index in [9.17, 15) is 9.59 Å². The Morgan fingerprint density at radius 2 is 1.92 bits per heavy atom. The van der Waals surface area contributed by atoms with Crippen LogP contribution in [0.25, 0.3) is 0 Å². The van der Waals surface area contributed by atoms with Crippen LogP contribution in [0.2, 0.25) is 10.0 Å². The quantitative estimate of drug-likeness (QED) is 0.707. The Morgan fingerprint density at radius 3 is 2.52 bits per heavy atom. The number of hydrogen-bond acceptors (Lipinski definition) is 3. The van der Waals surface area contributed by atoms with Crippen molar-refractivity contribution in [2.75, 3.05) is 38.5 Å². The highest BCUT2D eigenvalue weighted by atomic mass is 35.5. The number of benzene rings is 1. The first kappa shape index (κ1) is 20.0. The highest BCUT2D eigenvalue weighted by molar-refractivity contribution is 6.42. The molecule has 0 unspecified atom stereocenters. The number of nitrogens with one attached hydrogen (secondary N) is 1. The van der Waals surface area contributed by atoms with E-state index in [1.165, 1.54) is 12.8 Å². The van der Waals surface area contributed by atoms with E-state index in [-0.39, 0.29) is 24.9 Å². The Hall–Kier alpha value is -1.30. The van der Waals surface area contributed by atoms with E-state index in [1.807, 2.05) is 4.90 Å². The van der Waals surface area contributed by atoms with Gasteiger partial charge in [0.25, 0.3) is 0 Å². The van der Waals surface area contributed by atoms with Crippen LogP contribution in [0, 0.1) is 5.92 Å². The van der Waals surface area contributed by atoms with Gasteiger partial charge in [-0.3, -0.25) is 14.5 Å². The molecule has 1 aromatic rings. The summed E-state index contributed by atoms with van der Waals surface area (Å²) in [5, 5.41) is 3.59. The third kappa shape index (κ3) is 6.84. The van der Waals surface area contributed by atoms with Gasteiger partial charge in [0.15, 0.2) is 0 Å². The molecule has 2 amide bonds. The molecule has 5 nitrogen and oxygen atoms in total. The summed E-state index contributed by atoms with van der Waals surface area (Å²) in [5.41, 5.74) is 0.584. The SMILES string of the molecule is CCCN(CC1CC1)C(=O)CN(C)CC(=O)Nc1ccc(Cl)c(Cl)c1. The van der Waals surface area contributed by atoms with Crippen molar-refractivity contribution in [3.8, 4) is 0 Å². The van der Waals surface area contributed by atoms with E-state index in [2.05, 4.69) is 12.2 Å². The number of likely N-dealkylation sites (N-methyl/N-ethyl adjacent to an activating group) is 1. The third-order valence-electron chi connectivity index (χ3n) is 4.04. The molecule has 0 spiro atoms. The number of rotatable bonds is 9. The Kier molecular flexibility index (Phi) is 7.54. The van der Waals surface area contributed by atoms with Crippen LogP contribution in [0.1, 0.15) is 26.2 Å². The van der Waals surface area contributed by atoms with Gasteiger partial charge < -0.3 is 10.2 Å². The van der Waals surface area contributed by atoms with E-state index in [4.69, 9.17) is 23.2 Å². The lowest BCUT2D eigenvalue weighted by Gasteiger charge is -2.25. The molecule has 1 aliphatic carbocycles. The Balaban J connectivity index is 1.80. The van der Waals surface area contributed by atoms with Gasteiger partial charge in [0, 0.05) is 18.8 Å². The normalized spacial score (nSPS) is 13.8. The van der Waals surface area contributed by atoms with Crippen LogP contribution >= 0.6 is 23.2 Å². The maximum Gasteiger partial charge on any atom is 0.238 e. The molecule has 138 valence electrons. The van der Waals surface area contributed by atoms with Gasteiger partial charge in [-0.2, -0.15) is 0 Å². The summed E-state index contributed by atoms with van der Waals surface area (Å²) in [6.45, 7) is 4.06. The maximum atomic E-state index is 12.4. The van der Waals surface area contributed by atoms with Crippen LogP contribution in [0.4, 0.5) is 5.69 Å². The molecule has 1 aromatic carbocycles. The summed E-state index contributed by atoms with van der Waals surface area (Å²) in [6, 6.07) is 4.93. The predicted octanol–water partition coefficient (Wildman–Crippen LogP) is 3.51. The second-order valence-corrected chi connectivity index (χ2v) is 7.45. The lowest BCUT2D eigenvalue weighted by Crippen LogP contribution is -2.42. The fourth-order valence-corrected chi connectivity index (χ4v) is 2.90.